The lowest BCUT2D eigenvalue weighted by atomic mass is 10.2. The third-order valence-electron chi connectivity index (χ3n) is 3.33. The topological polar surface area (TPSA) is 84.5 Å². The molecule has 0 aromatic heterocycles. The molecule has 0 fully saturated rings. The Balaban J connectivity index is 1.99. The van der Waals surface area contributed by atoms with E-state index in [0.717, 1.165) is 10.5 Å². The first-order valence-corrected chi connectivity index (χ1v) is 9.36. The lowest BCUT2D eigenvalue weighted by molar-refractivity contribution is -0.144. The molecule has 7 heteroatoms. The molecule has 0 aliphatic heterocycles. The van der Waals surface area contributed by atoms with Crippen LogP contribution < -0.4 is 10.6 Å². The monoisotopic (exact) mass is 384 g/mol. The number of nitrogens with one attached hydrogen (secondary N) is 2. The second-order valence-corrected chi connectivity index (χ2v) is 6.39. The fourth-order valence-corrected chi connectivity index (χ4v) is 2.62. The van der Waals surface area contributed by atoms with Gasteiger partial charge in [-0.05, 0) is 36.1 Å². The molecule has 0 saturated heterocycles. The van der Waals surface area contributed by atoms with Crippen LogP contribution >= 0.6 is 11.8 Å². The molecule has 2 aromatic carbocycles. The van der Waals surface area contributed by atoms with Gasteiger partial charge in [0.05, 0.1) is 0 Å². The first-order valence-electron chi connectivity index (χ1n) is 8.13. The molecule has 0 atom stereocenters. The number of benzene rings is 2. The van der Waals surface area contributed by atoms with Crippen LogP contribution in [-0.4, -0.2) is 30.6 Å². The van der Waals surface area contributed by atoms with Gasteiger partial charge in [0.1, 0.15) is 5.70 Å². The van der Waals surface area contributed by atoms with Gasteiger partial charge in [0.15, 0.2) is 6.61 Å². The Bertz CT molecular complexity index is 850. The van der Waals surface area contributed by atoms with Gasteiger partial charge in [-0.2, -0.15) is 0 Å². The summed E-state index contributed by atoms with van der Waals surface area (Å²) in [5.41, 5.74) is 1.30. The fourth-order valence-electron chi connectivity index (χ4n) is 2.16. The number of carbonyl (C=O) groups excluding carboxylic acids is 3. The van der Waals surface area contributed by atoms with Gasteiger partial charge in [0.25, 0.3) is 5.91 Å². The van der Waals surface area contributed by atoms with Crippen molar-refractivity contribution in [1.82, 2.24) is 5.32 Å². The normalized spacial score (nSPS) is 10.8. The minimum atomic E-state index is -0.790. The number of thioether (sulfide) groups is 1. The van der Waals surface area contributed by atoms with Crippen LogP contribution in [0.25, 0.3) is 6.08 Å². The second-order valence-electron chi connectivity index (χ2n) is 5.51. The minimum absolute atomic E-state index is 0.0362. The van der Waals surface area contributed by atoms with E-state index in [0.29, 0.717) is 5.69 Å². The summed E-state index contributed by atoms with van der Waals surface area (Å²) < 4.78 is 5.03. The van der Waals surface area contributed by atoms with E-state index in [9.17, 15) is 14.4 Å². The smallest absolute Gasteiger partial charge is 0.355 e. The molecule has 0 heterocycles. The van der Waals surface area contributed by atoms with Gasteiger partial charge in [0, 0.05) is 17.5 Å². The summed E-state index contributed by atoms with van der Waals surface area (Å²) in [4.78, 5) is 36.6. The molecule has 27 heavy (non-hydrogen) atoms. The maximum Gasteiger partial charge on any atom is 0.355 e. The standard InChI is InChI=1S/C20H20N2O4S/c1-14(23)21-18(11-15-7-4-3-5-8-15)20(25)26-13-19(24)22-16-9-6-10-17(12-16)27-2/h3-12H,13H2,1-2H3,(H,21,23)(H,22,24). The summed E-state index contributed by atoms with van der Waals surface area (Å²) in [7, 11) is 0. The van der Waals surface area contributed by atoms with Gasteiger partial charge >= 0.3 is 5.97 Å². The maximum atomic E-state index is 12.3. The highest BCUT2D eigenvalue weighted by molar-refractivity contribution is 7.98. The number of amides is 2. The lowest BCUT2D eigenvalue weighted by Gasteiger charge is -2.10. The van der Waals surface area contributed by atoms with Gasteiger partial charge in [-0.25, -0.2) is 4.79 Å². The number of esters is 1. The van der Waals surface area contributed by atoms with Gasteiger partial charge in [0.2, 0.25) is 5.91 Å². The largest absolute Gasteiger partial charge is 0.451 e. The Labute approximate surface area is 162 Å². The number of ether oxygens (including phenoxy) is 1. The molecule has 0 aliphatic carbocycles. The average Bonchev–Trinajstić information content (AvgIpc) is 2.66. The molecule has 2 aromatic rings. The fraction of sp³-hybridized carbons (Fsp3) is 0.150. The Morgan fingerprint density at radius 2 is 1.81 bits per heavy atom. The summed E-state index contributed by atoms with van der Waals surface area (Å²) in [5.74, 6) is -1.67. The van der Waals surface area contributed by atoms with Gasteiger partial charge in [-0.3, -0.25) is 9.59 Å². The van der Waals surface area contributed by atoms with Crippen LogP contribution in [0.4, 0.5) is 5.69 Å². The van der Waals surface area contributed by atoms with Crippen LogP contribution in [0.2, 0.25) is 0 Å². The van der Waals surface area contributed by atoms with Crippen molar-refractivity contribution in [3.63, 3.8) is 0 Å². The molecule has 140 valence electrons. The summed E-state index contributed by atoms with van der Waals surface area (Å²) in [5, 5.41) is 5.09. The van der Waals surface area contributed by atoms with Gasteiger partial charge in [-0.15, -0.1) is 11.8 Å². The third kappa shape index (κ3) is 6.99. The molecule has 0 spiro atoms. The Morgan fingerprint density at radius 1 is 1.07 bits per heavy atom. The van der Waals surface area contributed by atoms with Crippen LogP contribution in [0.3, 0.4) is 0 Å². The SMILES string of the molecule is CSc1cccc(NC(=O)COC(=O)C(=Cc2ccccc2)NC(C)=O)c1. The number of anilines is 1. The van der Waals surface area contributed by atoms with E-state index in [1.165, 1.54) is 13.0 Å². The molecule has 2 N–H and O–H groups in total. The highest BCUT2D eigenvalue weighted by Gasteiger charge is 2.15. The molecule has 0 unspecified atom stereocenters. The first kappa shape index (κ1) is 20.3. The molecular formula is C20H20N2O4S. The average molecular weight is 384 g/mol. The van der Waals surface area contributed by atoms with Crippen LogP contribution in [0, 0.1) is 0 Å². The van der Waals surface area contributed by atoms with E-state index >= 15 is 0 Å². The Morgan fingerprint density at radius 3 is 2.48 bits per heavy atom. The van der Waals surface area contributed by atoms with Crippen molar-refractivity contribution in [2.24, 2.45) is 0 Å². The van der Waals surface area contributed by atoms with Crippen molar-refractivity contribution in [1.29, 1.82) is 0 Å². The van der Waals surface area contributed by atoms with Crippen LogP contribution in [-0.2, 0) is 19.1 Å². The Kier molecular flexibility index (Phi) is 7.63. The molecule has 0 saturated carbocycles. The quantitative estimate of drug-likeness (QED) is 0.435. The summed E-state index contributed by atoms with van der Waals surface area (Å²) >= 11 is 1.55. The summed E-state index contributed by atoms with van der Waals surface area (Å²) in [6.07, 6.45) is 3.43. The van der Waals surface area contributed by atoms with E-state index in [-0.39, 0.29) is 5.70 Å². The van der Waals surface area contributed by atoms with Crippen LogP contribution in [0.15, 0.2) is 65.2 Å². The van der Waals surface area contributed by atoms with Crippen molar-refractivity contribution < 1.29 is 19.1 Å². The van der Waals surface area contributed by atoms with Gasteiger partial charge in [-0.1, -0.05) is 36.4 Å². The van der Waals surface area contributed by atoms with Crippen molar-refractivity contribution in [2.75, 3.05) is 18.2 Å². The second kappa shape index (κ2) is 10.2. The molecular weight excluding hydrogens is 364 g/mol. The molecule has 2 amide bonds. The van der Waals surface area contributed by atoms with Crippen molar-refractivity contribution in [3.05, 3.63) is 65.9 Å². The van der Waals surface area contributed by atoms with Crippen molar-refractivity contribution in [3.8, 4) is 0 Å². The van der Waals surface area contributed by atoms with E-state index in [1.807, 2.05) is 30.5 Å². The molecule has 0 radical (unpaired) electrons. The highest BCUT2D eigenvalue weighted by Crippen LogP contribution is 2.18. The minimum Gasteiger partial charge on any atom is -0.451 e. The van der Waals surface area contributed by atoms with E-state index in [4.69, 9.17) is 4.74 Å². The number of hydrogen-bond donors (Lipinski definition) is 2. The third-order valence-corrected chi connectivity index (χ3v) is 4.05. The van der Waals surface area contributed by atoms with Crippen molar-refractivity contribution >= 4 is 41.3 Å². The predicted molar refractivity (Wildman–Crippen MR) is 106 cm³/mol. The molecule has 0 aliphatic rings. The zero-order chi connectivity index (χ0) is 19.6. The van der Waals surface area contributed by atoms with Crippen LogP contribution in [0.1, 0.15) is 12.5 Å². The maximum absolute atomic E-state index is 12.3. The van der Waals surface area contributed by atoms with E-state index in [2.05, 4.69) is 10.6 Å². The number of rotatable bonds is 7. The molecule has 2 rings (SSSR count). The summed E-state index contributed by atoms with van der Waals surface area (Å²) in [6, 6.07) is 16.3. The van der Waals surface area contributed by atoms with Crippen molar-refractivity contribution in [2.45, 2.75) is 11.8 Å². The summed E-state index contributed by atoms with van der Waals surface area (Å²) in [6.45, 7) is 0.825. The van der Waals surface area contributed by atoms with Crippen LogP contribution in [0.5, 0.6) is 0 Å². The Hall–Kier alpha value is -3.06. The predicted octanol–water partition coefficient (Wildman–Crippen LogP) is 3.07. The number of carbonyl (C=O) groups is 3. The first-order chi connectivity index (χ1) is 13.0. The zero-order valence-electron chi connectivity index (χ0n) is 15.0. The zero-order valence-corrected chi connectivity index (χ0v) is 15.8. The molecule has 0 bridgehead atoms. The van der Waals surface area contributed by atoms with Gasteiger partial charge < -0.3 is 15.4 Å². The lowest BCUT2D eigenvalue weighted by Crippen LogP contribution is -2.28. The van der Waals surface area contributed by atoms with E-state index < -0.39 is 24.4 Å². The number of hydrogen-bond acceptors (Lipinski definition) is 5. The molecule has 6 nitrogen and oxygen atoms in total. The van der Waals surface area contributed by atoms with E-state index in [1.54, 1.807) is 42.1 Å². The highest BCUT2D eigenvalue weighted by atomic mass is 32.2.